The second-order valence-corrected chi connectivity index (χ2v) is 5.33. The number of sulfonamides is 1. The molecule has 16 heavy (non-hydrogen) atoms. The summed E-state index contributed by atoms with van der Waals surface area (Å²) in [6.07, 6.45) is 2.57. The maximum atomic E-state index is 11.7. The molecule has 7 heteroatoms. The van der Waals surface area contributed by atoms with Gasteiger partial charge in [0.15, 0.2) is 0 Å². The SMILES string of the molecule is CC(C#N)CNS(=O)(=O)c1cnccc1Cl. The molecule has 0 saturated heterocycles. The van der Waals surface area contributed by atoms with Gasteiger partial charge in [0.2, 0.25) is 10.0 Å². The zero-order chi connectivity index (χ0) is 12.2. The van der Waals surface area contributed by atoms with Crippen molar-refractivity contribution in [3.63, 3.8) is 0 Å². The Hall–Kier alpha value is -1.16. The predicted molar refractivity (Wildman–Crippen MR) is 59.2 cm³/mol. The van der Waals surface area contributed by atoms with E-state index in [2.05, 4.69) is 9.71 Å². The Morgan fingerprint density at radius 3 is 2.94 bits per heavy atom. The van der Waals surface area contributed by atoms with Crippen molar-refractivity contribution in [3.8, 4) is 6.07 Å². The van der Waals surface area contributed by atoms with E-state index in [4.69, 9.17) is 16.9 Å². The summed E-state index contributed by atoms with van der Waals surface area (Å²) in [7, 11) is -3.69. The van der Waals surface area contributed by atoms with Crippen molar-refractivity contribution in [1.29, 1.82) is 5.26 Å². The van der Waals surface area contributed by atoms with Crippen LogP contribution in [0.4, 0.5) is 0 Å². The monoisotopic (exact) mass is 259 g/mol. The fraction of sp³-hybridized carbons (Fsp3) is 0.333. The molecule has 0 aliphatic rings. The summed E-state index contributed by atoms with van der Waals surface area (Å²) in [5.41, 5.74) is 0. The second kappa shape index (κ2) is 5.25. The summed E-state index contributed by atoms with van der Waals surface area (Å²) in [6, 6.07) is 3.32. The lowest BCUT2D eigenvalue weighted by molar-refractivity contribution is 0.572. The average molecular weight is 260 g/mol. The number of nitrogens with zero attached hydrogens (tertiary/aromatic N) is 2. The summed E-state index contributed by atoms with van der Waals surface area (Å²) >= 11 is 5.73. The average Bonchev–Trinajstić information content (AvgIpc) is 2.26. The van der Waals surface area contributed by atoms with Crippen LogP contribution in [0.1, 0.15) is 6.92 Å². The van der Waals surface area contributed by atoms with E-state index in [-0.39, 0.29) is 16.5 Å². The van der Waals surface area contributed by atoms with Crippen molar-refractivity contribution >= 4 is 21.6 Å². The van der Waals surface area contributed by atoms with E-state index in [0.29, 0.717) is 0 Å². The predicted octanol–water partition coefficient (Wildman–Crippen LogP) is 1.17. The van der Waals surface area contributed by atoms with Crippen LogP contribution in [0.25, 0.3) is 0 Å². The van der Waals surface area contributed by atoms with Crippen LogP contribution < -0.4 is 4.72 Å². The number of pyridine rings is 1. The first-order chi connectivity index (χ1) is 7.47. The van der Waals surface area contributed by atoms with Gasteiger partial charge in [-0.3, -0.25) is 4.98 Å². The molecule has 0 fully saturated rings. The number of hydrogen-bond donors (Lipinski definition) is 1. The van der Waals surface area contributed by atoms with E-state index in [1.807, 2.05) is 6.07 Å². The van der Waals surface area contributed by atoms with Gasteiger partial charge in [0, 0.05) is 18.9 Å². The van der Waals surface area contributed by atoms with E-state index >= 15 is 0 Å². The van der Waals surface area contributed by atoms with Crippen LogP contribution in [-0.4, -0.2) is 19.9 Å². The van der Waals surface area contributed by atoms with Crippen LogP contribution in [-0.2, 0) is 10.0 Å². The molecule has 1 aromatic heterocycles. The van der Waals surface area contributed by atoms with E-state index in [9.17, 15) is 8.42 Å². The first-order valence-electron chi connectivity index (χ1n) is 4.46. The maximum absolute atomic E-state index is 11.7. The molecule has 0 radical (unpaired) electrons. The zero-order valence-corrected chi connectivity index (χ0v) is 10.1. The maximum Gasteiger partial charge on any atom is 0.243 e. The molecule has 5 nitrogen and oxygen atoms in total. The second-order valence-electron chi connectivity index (χ2n) is 3.19. The molecule has 1 rings (SSSR count). The molecule has 0 bridgehead atoms. The molecule has 0 aliphatic heterocycles. The Balaban J connectivity index is 2.88. The molecule has 1 unspecified atom stereocenters. The number of rotatable bonds is 4. The topological polar surface area (TPSA) is 82.9 Å². The molecular weight excluding hydrogens is 250 g/mol. The third kappa shape index (κ3) is 3.17. The minimum atomic E-state index is -3.69. The zero-order valence-electron chi connectivity index (χ0n) is 8.51. The van der Waals surface area contributed by atoms with Crippen LogP contribution in [0.3, 0.4) is 0 Å². The van der Waals surface area contributed by atoms with Gasteiger partial charge in [-0.05, 0) is 13.0 Å². The molecule has 86 valence electrons. The largest absolute Gasteiger partial charge is 0.263 e. The normalized spacial score (nSPS) is 13.1. The fourth-order valence-corrected chi connectivity index (χ4v) is 2.48. The summed E-state index contributed by atoms with van der Waals surface area (Å²) in [4.78, 5) is 3.61. The minimum absolute atomic E-state index is 0.0457. The highest BCUT2D eigenvalue weighted by Crippen LogP contribution is 2.18. The Kier molecular flexibility index (Phi) is 4.24. The quantitative estimate of drug-likeness (QED) is 0.880. The van der Waals surface area contributed by atoms with Crippen molar-refractivity contribution in [2.75, 3.05) is 6.54 Å². The first kappa shape index (κ1) is 12.9. The molecule has 1 atom stereocenters. The Morgan fingerprint density at radius 1 is 1.69 bits per heavy atom. The van der Waals surface area contributed by atoms with Crippen molar-refractivity contribution < 1.29 is 8.42 Å². The molecule has 0 spiro atoms. The van der Waals surface area contributed by atoms with Crippen molar-refractivity contribution in [1.82, 2.24) is 9.71 Å². The van der Waals surface area contributed by atoms with Gasteiger partial charge in [0.05, 0.1) is 17.0 Å². The van der Waals surface area contributed by atoms with Crippen LogP contribution in [0.2, 0.25) is 5.02 Å². The summed E-state index contributed by atoms with van der Waals surface area (Å²) in [5, 5.41) is 8.64. The smallest absolute Gasteiger partial charge is 0.243 e. The van der Waals surface area contributed by atoms with Crippen molar-refractivity contribution in [3.05, 3.63) is 23.5 Å². The van der Waals surface area contributed by atoms with E-state index in [1.54, 1.807) is 6.92 Å². The molecule has 0 aromatic carbocycles. The van der Waals surface area contributed by atoms with Gasteiger partial charge in [-0.2, -0.15) is 5.26 Å². The summed E-state index contributed by atoms with van der Waals surface area (Å²) < 4.78 is 25.7. The summed E-state index contributed by atoms with van der Waals surface area (Å²) in [5.74, 6) is -0.398. The van der Waals surface area contributed by atoms with Gasteiger partial charge >= 0.3 is 0 Å². The lowest BCUT2D eigenvalue weighted by Gasteiger charge is -2.08. The standard InChI is InChI=1S/C9H10ClN3O2S/c1-7(4-11)5-13-16(14,15)9-6-12-3-2-8(9)10/h2-3,6-7,13H,5H2,1H3. The van der Waals surface area contributed by atoms with Gasteiger partial charge in [0.1, 0.15) is 4.90 Å². The van der Waals surface area contributed by atoms with E-state index in [0.717, 1.165) is 0 Å². The molecule has 0 aliphatic carbocycles. The van der Waals surface area contributed by atoms with Gasteiger partial charge < -0.3 is 0 Å². The van der Waals surface area contributed by atoms with Crippen molar-refractivity contribution in [2.45, 2.75) is 11.8 Å². The van der Waals surface area contributed by atoms with E-state index < -0.39 is 15.9 Å². The van der Waals surface area contributed by atoms with Gasteiger partial charge in [-0.1, -0.05) is 11.6 Å². The Labute approximate surface area is 99.1 Å². The van der Waals surface area contributed by atoms with Crippen molar-refractivity contribution in [2.24, 2.45) is 5.92 Å². The fourth-order valence-electron chi connectivity index (χ4n) is 0.919. The minimum Gasteiger partial charge on any atom is -0.263 e. The van der Waals surface area contributed by atoms with Crippen LogP contribution in [0.15, 0.2) is 23.4 Å². The summed E-state index contributed by atoms with van der Waals surface area (Å²) in [6.45, 7) is 1.66. The Morgan fingerprint density at radius 2 is 2.38 bits per heavy atom. The number of hydrogen-bond acceptors (Lipinski definition) is 4. The van der Waals surface area contributed by atoms with Crippen LogP contribution in [0.5, 0.6) is 0 Å². The molecular formula is C9H10ClN3O2S. The van der Waals surface area contributed by atoms with Gasteiger partial charge in [-0.15, -0.1) is 0 Å². The van der Waals surface area contributed by atoms with Crippen LogP contribution >= 0.6 is 11.6 Å². The first-order valence-corrected chi connectivity index (χ1v) is 6.32. The molecule has 0 saturated carbocycles. The molecule has 0 amide bonds. The van der Waals surface area contributed by atoms with Gasteiger partial charge in [0.25, 0.3) is 0 Å². The van der Waals surface area contributed by atoms with E-state index in [1.165, 1.54) is 18.5 Å². The highest BCUT2D eigenvalue weighted by atomic mass is 35.5. The third-order valence-corrected chi connectivity index (χ3v) is 3.72. The number of nitriles is 1. The highest BCUT2D eigenvalue weighted by Gasteiger charge is 2.18. The van der Waals surface area contributed by atoms with Crippen LogP contribution in [0, 0.1) is 17.2 Å². The highest BCUT2D eigenvalue weighted by molar-refractivity contribution is 7.89. The number of halogens is 1. The molecule has 1 heterocycles. The Bertz CT molecular complexity index is 510. The number of nitrogens with one attached hydrogen (secondary N) is 1. The lowest BCUT2D eigenvalue weighted by atomic mass is 10.2. The number of aromatic nitrogens is 1. The van der Waals surface area contributed by atoms with Gasteiger partial charge in [-0.25, -0.2) is 13.1 Å². The third-order valence-electron chi connectivity index (χ3n) is 1.82. The lowest BCUT2D eigenvalue weighted by Crippen LogP contribution is -2.28. The molecule has 1 aromatic rings. The molecule has 1 N–H and O–H groups in total.